The molecule has 0 saturated heterocycles. The Morgan fingerprint density at radius 2 is 2.03 bits per heavy atom. The third kappa shape index (κ3) is 3.83. The second-order valence-corrected chi connectivity index (χ2v) is 7.87. The molecule has 0 saturated carbocycles. The number of aryl methyl sites for hydroxylation is 1. The average molecular weight is 425 g/mol. The van der Waals surface area contributed by atoms with Crippen LogP contribution < -0.4 is 9.47 Å². The molecule has 8 heteroatoms. The fraction of sp³-hybridized carbons (Fsp3) is 0.227. The first-order chi connectivity index (χ1) is 14.4. The molecule has 0 spiro atoms. The zero-order valence-corrected chi connectivity index (χ0v) is 17.6. The normalized spacial score (nSPS) is 12.3. The second kappa shape index (κ2) is 7.97. The first-order valence-corrected chi connectivity index (χ1v) is 10.2. The topological polar surface area (TPSA) is 77.4 Å². The third-order valence-electron chi connectivity index (χ3n) is 4.44. The number of halogens is 1. The predicted molar refractivity (Wildman–Crippen MR) is 115 cm³/mol. The van der Waals surface area contributed by atoms with E-state index < -0.39 is 11.9 Å². The highest BCUT2D eigenvalue weighted by Gasteiger charge is 2.17. The number of aromatic nitrogens is 3. The van der Waals surface area contributed by atoms with Crippen molar-refractivity contribution in [2.45, 2.75) is 26.9 Å². The van der Waals surface area contributed by atoms with Gasteiger partial charge in [-0.3, -0.25) is 0 Å². The molecule has 2 heterocycles. The van der Waals surface area contributed by atoms with E-state index in [-0.39, 0.29) is 11.5 Å². The van der Waals surface area contributed by atoms with Crippen LogP contribution in [-0.2, 0) is 0 Å². The summed E-state index contributed by atoms with van der Waals surface area (Å²) in [4.78, 5) is 13.6. The molecule has 1 N–H and O–H groups in total. The lowest BCUT2D eigenvalue weighted by atomic mass is 10.1. The summed E-state index contributed by atoms with van der Waals surface area (Å²) >= 11 is 1.40. The van der Waals surface area contributed by atoms with Gasteiger partial charge in [-0.05, 0) is 38.5 Å². The van der Waals surface area contributed by atoms with Crippen molar-refractivity contribution in [3.05, 3.63) is 54.2 Å². The fourth-order valence-corrected chi connectivity index (χ4v) is 3.97. The van der Waals surface area contributed by atoms with E-state index in [1.165, 1.54) is 24.3 Å². The van der Waals surface area contributed by atoms with E-state index in [2.05, 4.69) is 21.5 Å². The maximum Gasteiger partial charge on any atom is 0.232 e. The lowest BCUT2D eigenvalue weighted by molar-refractivity contribution is 0.177. The molecule has 154 valence electrons. The number of nitrogens with zero attached hydrogens (tertiary/aromatic N) is 3. The first kappa shape index (κ1) is 20.2. The van der Waals surface area contributed by atoms with Crippen LogP contribution in [0.15, 0.2) is 42.8 Å². The Hall–Kier alpha value is -3.10. The Morgan fingerprint density at radius 3 is 2.77 bits per heavy atom. The molecule has 0 unspecified atom stereocenters. The van der Waals surface area contributed by atoms with Crippen molar-refractivity contribution >= 4 is 32.6 Å². The van der Waals surface area contributed by atoms with Crippen molar-refractivity contribution in [3.8, 4) is 22.2 Å². The van der Waals surface area contributed by atoms with Crippen LogP contribution in [-0.4, -0.2) is 32.8 Å². The van der Waals surface area contributed by atoms with Gasteiger partial charge >= 0.3 is 0 Å². The molecule has 6 nitrogen and oxygen atoms in total. The summed E-state index contributed by atoms with van der Waals surface area (Å²) in [6.07, 6.45) is 0.682. The SMILES string of the molecule is C=C(Oc1cc2sc(-c3cc(C)cc4nc(OCC)cnc34)nc2cc1F)[C@@H](C)O. The van der Waals surface area contributed by atoms with Gasteiger partial charge < -0.3 is 14.6 Å². The van der Waals surface area contributed by atoms with E-state index in [9.17, 15) is 9.50 Å². The van der Waals surface area contributed by atoms with Crippen LogP contribution in [0.4, 0.5) is 4.39 Å². The van der Waals surface area contributed by atoms with Gasteiger partial charge in [-0.25, -0.2) is 19.3 Å². The Kier molecular flexibility index (Phi) is 5.36. The van der Waals surface area contributed by atoms with Crippen LogP contribution >= 0.6 is 11.3 Å². The van der Waals surface area contributed by atoms with Gasteiger partial charge in [0.15, 0.2) is 11.6 Å². The van der Waals surface area contributed by atoms with Crippen molar-refractivity contribution in [1.82, 2.24) is 15.0 Å². The maximum atomic E-state index is 14.5. The van der Waals surface area contributed by atoms with Crippen molar-refractivity contribution < 1.29 is 19.0 Å². The molecule has 0 amide bonds. The number of thiazole rings is 1. The average Bonchev–Trinajstić information content (AvgIpc) is 3.10. The maximum absolute atomic E-state index is 14.5. The van der Waals surface area contributed by atoms with Crippen LogP contribution in [0.5, 0.6) is 11.6 Å². The number of fused-ring (bicyclic) bond motifs is 2. The zero-order valence-electron chi connectivity index (χ0n) is 16.8. The van der Waals surface area contributed by atoms with Crippen LogP contribution in [0.3, 0.4) is 0 Å². The number of ether oxygens (including phenoxy) is 2. The zero-order chi connectivity index (χ0) is 21.4. The summed E-state index contributed by atoms with van der Waals surface area (Å²) in [7, 11) is 0. The molecule has 0 aliphatic carbocycles. The lowest BCUT2D eigenvalue weighted by Gasteiger charge is -2.11. The lowest BCUT2D eigenvalue weighted by Crippen LogP contribution is -2.09. The molecule has 0 aliphatic heterocycles. The minimum absolute atomic E-state index is 0.00107. The van der Waals surface area contributed by atoms with Crippen LogP contribution in [0, 0.1) is 12.7 Å². The molecule has 30 heavy (non-hydrogen) atoms. The quantitative estimate of drug-likeness (QED) is 0.437. The number of rotatable bonds is 6. The van der Waals surface area contributed by atoms with E-state index in [1.54, 1.807) is 12.3 Å². The molecule has 1 atom stereocenters. The molecule has 0 bridgehead atoms. The van der Waals surface area contributed by atoms with E-state index in [0.717, 1.165) is 15.8 Å². The van der Waals surface area contributed by atoms with E-state index in [1.807, 2.05) is 26.0 Å². The molecule has 0 radical (unpaired) electrons. The minimum Gasteiger partial charge on any atom is -0.477 e. The van der Waals surface area contributed by atoms with Gasteiger partial charge in [0.25, 0.3) is 0 Å². The number of hydrogen-bond donors (Lipinski definition) is 1. The van der Waals surface area contributed by atoms with Gasteiger partial charge in [0, 0.05) is 17.7 Å². The second-order valence-electron chi connectivity index (χ2n) is 6.84. The molecule has 0 fully saturated rings. The van der Waals surface area contributed by atoms with E-state index in [0.29, 0.717) is 34.0 Å². The largest absolute Gasteiger partial charge is 0.477 e. The van der Waals surface area contributed by atoms with Gasteiger partial charge in [-0.1, -0.05) is 6.58 Å². The van der Waals surface area contributed by atoms with Gasteiger partial charge in [0.1, 0.15) is 16.9 Å². The van der Waals surface area contributed by atoms with Crippen molar-refractivity contribution in [1.29, 1.82) is 0 Å². The molecule has 2 aromatic carbocycles. The van der Waals surface area contributed by atoms with Crippen LogP contribution in [0.2, 0.25) is 0 Å². The summed E-state index contributed by atoms with van der Waals surface area (Å²) < 4.78 is 26.0. The molecule has 4 rings (SSSR count). The van der Waals surface area contributed by atoms with Crippen molar-refractivity contribution in [3.63, 3.8) is 0 Å². The molecular formula is C22H20FN3O3S. The summed E-state index contributed by atoms with van der Waals surface area (Å²) in [5, 5.41) is 10.2. The van der Waals surface area contributed by atoms with Gasteiger partial charge in [0.2, 0.25) is 5.88 Å². The van der Waals surface area contributed by atoms with E-state index >= 15 is 0 Å². The first-order valence-electron chi connectivity index (χ1n) is 9.41. The van der Waals surface area contributed by atoms with Gasteiger partial charge in [0.05, 0.1) is 34.1 Å². The Balaban J connectivity index is 1.81. The van der Waals surface area contributed by atoms with Crippen molar-refractivity contribution in [2.24, 2.45) is 0 Å². The molecular weight excluding hydrogens is 405 g/mol. The third-order valence-corrected chi connectivity index (χ3v) is 5.49. The Morgan fingerprint density at radius 1 is 1.23 bits per heavy atom. The Bertz CT molecular complexity index is 1270. The smallest absolute Gasteiger partial charge is 0.232 e. The Labute approximate surface area is 176 Å². The molecule has 4 aromatic rings. The fourth-order valence-electron chi connectivity index (χ4n) is 2.98. The highest BCUT2D eigenvalue weighted by atomic mass is 32.1. The standard InChI is InChI=1S/C22H20FN3O3S/c1-5-28-20-10-24-21-14(6-11(2)7-17(21)25-20)22-26-16-8-15(23)18(9-19(16)30-22)29-13(4)12(3)27/h6-10,12,27H,4-5H2,1-3H3/t12-/m1/s1. The number of benzene rings is 2. The summed E-state index contributed by atoms with van der Waals surface area (Å²) in [6.45, 7) is 9.49. The van der Waals surface area contributed by atoms with Gasteiger partial charge in [-0.15, -0.1) is 11.3 Å². The number of aliphatic hydroxyl groups is 1. The summed E-state index contributed by atoms with van der Waals surface area (Å²) in [5.74, 6) is -0.0358. The predicted octanol–water partition coefficient (Wildman–Crippen LogP) is 5.03. The number of aliphatic hydroxyl groups excluding tert-OH is 1. The summed E-state index contributed by atoms with van der Waals surface area (Å²) in [5.41, 5.74) is 3.73. The number of hydrogen-bond acceptors (Lipinski definition) is 7. The molecule has 2 aromatic heterocycles. The highest BCUT2D eigenvalue weighted by molar-refractivity contribution is 7.21. The minimum atomic E-state index is -0.907. The van der Waals surface area contributed by atoms with Crippen molar-refractivity contribution in [2.75, 3.05) is 6.61 Å². The highest BCUT2D eigenvalue weighted by Crippen LogP contribution is 2.37. The van der Waals surface area contributed by atoms with Crippen LogP contribution in [0.1, 0.15) is 19.4 Å². The van der Waals surface area contributed by atoms with Gasteiger partial charge in [-0.2, -0.15) is 0 Å². The molecule has 0 aliphatic rings. The van der Waals surface area contributed by atoms with Crippen LogP contribution in [0.25, 0.3) is 31.8 Å². The van der Waals surface area contributed by atoms with E-state index in [4.69, 9.17) is 9.47 Å². The summed E-state index contributed by atoms with van der Waals surface area (Å²) in [6, 6.07) is 6.81. The monoisotopic (exact) mass is 425 g/mol.